The maximum absolute atomic E-state index is 11.0. The average Bonchev–Trinajstić information content (AvgIpc) is 2.06. The standard InChI is InChI=1S/C10H17NO.ClH/c1-3-6-11-7-4-10(5-8-11)9(2)12;/h3,10H,1,4-8H2,2H3;1H. The van der Waals surface area contributed by atoms with Gasteiger partial charge in [0.2, 0.25) is 0 Å². The monoisotopic (exact) mass is 203 g/mol. The summed E-state index contributed by atoms with van der Waals surface area (Å²) < 4.78 is 0. The Balaban J connectivity index is 0.00000144. The van der Waals surface area contributed by atoms with Gasteiger partial charge in [-0.25, -0.2) is 0 Å². The van der Waals surface area contributed by atoms with Crippen LogP contribution in [0.1, 0.15) is 19.8 Å². The largest absolute Gasteiger partial charge is 0.300 e. The van der Waals surface area contributed by atoms with E-state index in [4.69, 9.17) is 0 Å². The van der Waals surface area contributed by atoms with E-state index in [2.05, 4.69) is 11.5 Å². The zero-order chi connectivity index (χ0) is 8.97. The van der Waals surface area contributed by atoms with Crippen molar-refractivity contribution in [1.82, 2.24) is 4.90 Å². The molecule has 1 aliphatic rings. The Bertz CT molecular complexity index is 174. The van der Waals surface area contributed by atoms with E-state index in [-0.39, 0.29) is 12.4 Å². The lowest BCUT2D eigenvalue weighted by atomic mass is 9.93. The van der Waals surface area contributed by atoms with E-state index >= 15 is 0 Å². The molecule has 76 valence electrons. The van der Waals surface area contributed by atoms with Crippen molar-refractivity contribution in [1.29, 1.82) is 0 Å². The summed E-state index contributed by atoms with van der Waals surface area (Å²) in [7, 11) is 0. The molecule has 1 heterocycles. The molecule has 1 saturated heterocycles. The molecule has 0 atom stereocenters. The van der Waals surface area contributed by atoms with Crippen LogP contribution >= 0.6 is 12.4 Å². The number of halogens is 1. The molecule has 1 rings (SSSR count). The number of hydrogen-bond acceptors (Lipinski definition) is 2. The molecular formula is C10H18ClNO. The summed E-state index contributed by atoms with van der Waals surface area (Å²) in [6.07, 6.45) is 3.99. The van der Waals surface area contributed by atoms with Gasteiger partial charge in [-0.1, -0.05) is 6.08 Å². The predicted octanol–water partition coefficient (Wildman–Crippen LogP) is 1.90. The molecule has 0 saturated carbocycles. The van der Waals surface area contributed by atoms with Gasteiger partial charge >= 0.3 is 0 Å². The van der Waals surface area contributed by atoms with Crippen LogP contribution in [0, 0.1) is 5.92 Å². The first kappa shape index (κ1) is 12.7. The van der Waals surface area contributed by atoms with E-state index in [0.29, 0.717) is 11.7 Å². The molecule has 0 aromatic rings. The van der Waals surface area contributed by atoms with Gasteiger partial charge in [0.05, 0.1) is 0 Å². The minimum absolute atomic E-state index is 0. The molecular weight excluding hydrogens is 186 g/mol. The van der Waals surface area contributed by atoms with Gasteiger partial charge in [-0.2, -0.15) is 0 Å². The summed E-state index contributed by atoms with van der Waals surface area (Å²) in [6, 6.07) is 0. The summed E-state index contributed by atoms with van der Waals surface area (Å²) in [5.41, 5.74) is 0. The lowest BCUT2D eigenvalue weighted by Crippen LogP contribution is -2.35. The van der Waals surface area contributed by atoms with Gasteiger partial charge in [-0.15, -0.1) is 19.0 Å². The normalized spacial score (nSPS) is 19.2. The zero-order valence-corrected chi connectivity index (χ0v) is 8.98. The molecule has 0 spiro atoms. The number of hydrogen-bond donors (Lipinski definition) is 0. The van der Waals surface area contributed by atoms with E-state index in [9.17, 15) is 4.79 Å². The molecule has 1 aliphatic heterocycles. The number of carbonyl (C=O) groups is 1. The predicted molar refractivity (Wildman–Crippen MR) is 57.3 cm³/mol. The molecule has 3 heteroatoms. The molecule has 0 aromatic carbocycles. The Morgan fingerprint density at radius 3 is 2.46 bits per heavy atom. The van der Waals surface area contributed by atoms with E-state index in [1.54, 1.807) is 6.92 Å². The number of piperidine rings is 1. The van der Waals surface area contributed by atoms with Crippen molar-refractivity contribution in [3.63, 3.8) is 0 Å². The first-order chi connectivity index (χ1) is 5.74. The van der Waals surface area contributed by atoms with Crippen LogP contribution in [-0.4, -0.2) is 30.3 Å². The maximum atomic E-state index is 11.0. The van der Waals surface area contributed by atoms with Crippen molar-refractivity contribution in [2.24, 2.45) is 5.92 Å². The van der Waals surface area contributed by atoms with Gasteiger partial charge < -0.3 is 0 Å². The highest BCUT2D eigenvalue weighted by Gasteiger charge is 2.20. The highest BCUT2D eigenvalue weighted by molar-refractivity contribution is 5.85. The average molecular weight is 204 g/mol. The van der Waals surface area contributed by atoms with Crippen LogP contribution < -0.4 is 0 Å². The molecule has 0 unspecified atom stereocenters. The maximum Gasteiger partial charge on any atom is 0.133 e. The van der Waals surface area contributed by atoms with E-state index < -0.39 is 0 Å². The number of nitrogens with zero attached hydrogens (tertiary/aromatic N) is 1. The van der Waals surface area contributed by atoms with Gasteiger partial charge in [0, 0.05) is 12.5 Å². The fourth-order valence-corrected chi connectivity index (χ4v) is 1.70. The van der Waals surface area contributed by atoms with E-state index in [1.165, 1.54) is 0 Å². The smallest absolute Gasteiger partial charge is 0.133 e. The molecule has 0 bridgehead atoms. The van der Waals surface area contributed by atoms with Crippen LogP contribution in [0.25, 0.3) is 0 Å². The van der Waals surface area contributed by atoms with E-state index in [1.807, 2.05) is 6.08 Å². The Morgan fingerprint density at radius 2 is 2.08 bits per heavy atom. The molecule has 0 amide bonds. The third-order valence-corrected chi connectivity index (χ3v) is 2.55. The van der Waals surface area contributed by atoms with Gasteiger partial charge in [0.25, 0.3) is 0 Å². The van der Waals surface area contributed by atoms with Crippen molar-refractivity contribution in [2.45, 2.75) is 19.8 Å². The van der Waals surface area contributed by atoms with Crippen LogP contribution in [0.5, 0.6) is 0 Å². The van der Waals surface area contributed by atoms with Gasteiger partial charge in [0.15, 0.2) is 0 Å². The Hall–Kier alpha value is -0.340. The molecule has 0 aliphatic carbocycles. The van der Waals surface area contributed by atoms with Gasteiger partial charge in [-0.05, 0) is 32.9 Å². The lowest BCUT2D eigenvalue weighted by Gasteiger charge is -2.29. The Kier molecular flexibility index (Phi) is 6.00. The van der Waals surface area contributed by atoms with E-state index in [0.717, 1.165) is 32.5 Å². The molecule has 0 aromatic heterocycles. The minimum atomic E-state index is 0. The summed E-state index contributed by atoms with van der Waals surface area (Å²) in [6.45, 7) is 8.47. The van der Waals surface area contributed by atoms with Crippen LogP contribution in [-0.2, 0) is 4.79 Å². The van der Waals surface area contributed by atoms with Crippen LogP contribution in [0.15, 0.2) is 12.7 Å². The number of likely N-dealkylation sites (tertiary alicyclic amines) is 1. The zero-order valence-electron chi connectivity index (χ0n) is 8.16. The summed E-state index contributed by atoms with van der Waals surface area (Å²) in [5.74, 6) is 0.680. The van der Waals surface area contributed by atoms with Crippen molar-refractivity contribution in [3.05, 3.63) is 12.7 Å². The quantitative estimate of drug-likeness (QED) is 0.653. The third-order valence-electron chi connectivity index (χ3n) is 2.55. The molecule has 0 radical (unpaired) electrons. The van der Waals surface area contributed by atoms with Crippen LogP contribution in [0.3, 0.4) is 0 Å². The number of carbonyl (C=O) groups excluding carboxylic acids is 1. The van der Waals surface area contributed by atoms with Crippen molar-refractivity contribution >= 4 is 18.2 Å². The number of ketones is 1. The molecule has 2 nitrogen and oxygen atoms in total. The Morgan fingerprint density at radius 1 is 1.54 bits per heavy atom. The lowest BCUT2D eigenvalue weighted by molar-refractivity contribution is -0.122. The molecule has 0 N–H and O–H groups in total. The van der Waals surface area contributed by atoms with Crippen LogP contribution in [0.2, 0.25) is 0 Å². The fourth-order valence-electron chi connectivity index (χ4n) is 1.70. The van der Waals surface area contributed by atoms with Crippen molar-refractivity contribution in [2.75, 3.05) is 19.6 Å². The second-order valence-electron chi connectivity index (χ2n) is 3.47. The topological polar surface area (TPSA) is 20.3 Å². The number of Topliss-reactive ketones (excluding diaryl/α,β-unsaturated/α-hetero) is 1. The number of rotatable bonds is 3. The van der Waals surface area contributed by atoms with Gasteiger partial charge in [-0.3, -0.25) is 9.69 Å². The van der Waals surface area contributed by atoms with Gasteiger partial charge in [0.1, 0.15) is 5.78 Å². The molecule has 1 fully saturated rings. The van der Waals surface area contributed by atoms with Crippen molar-refractivity contribution < 1.29 is 4.79 Å². The molecule has 13 heavy (non-hydrogen) atoms. The highest BCUT2D eigenvalue weighted by atomic mass is 35.5. The summed E-state index contributed by atoms with van der Waals surface area (Å²) >= 11 is 0. The van der Waals surface area contributed by atoms with Crippen LogP contribution in [0.4, 0.5) is 0 Å². The Labute approximate surface area is 86.4 Å². The van der Waals surface area contributed by atoms with Crippen molar-refractivity contribution in [3.8, 4) is 0 Å². The first-order valence-electron chi connectivity index (χ1n) is 4.57. The third kappa shape index (κ3) is 3.92. The fraction of sp³-hybridized carbons (Fsp3) is 0.700. The minimum Gasteiger partial charge on any atom is -0.300 e. The SMILES string of the molecule is C=CCN1CCC(C(C)=O)CC1.Cl. The summed E-state index contributed by atoms with van der Waals surface area (Å²) in [5, 5.41) is 0. The second kappa shape index (κ2) is 6.17. The second-order valence-corrected chi connectivity index (χ2v) is 3.47. The highest BCUT2D eigenvalue weighted by Crippen LogP contribution is 2.17. The summed E-state index contributed by atoms with van der Waals surface area (Å²) in [4.78, 5) is 13.4. The first-order valence-corrected chi connectivity index (χ1v) is 4.57.